The van der Waals surface area contributed by atoms with E-state index in [1.54, 1.807) is 0 Å². The van der Waals surface area contributed by atoms with Crippen LogP contribution in [0.2, 0.25) is 0 Å². The van der Waals surface area contributed by atoms with Crippen molar-refractivity contribution in [3.63, 3.8) is 0 Å². The van der Waals surface area contributed by atoms with Gasteiger partial charge in [0.25, 0.3) is 0 Å². The predicted molar refractivity (Wildman–Crippen MR) is 86.9 cm³/mol. The number of phenols is 1. The summed E-state index contributed by atoms with van der Waals surface area (Å²) in [6.07, 6.45) is 5.50. The molecule has 3 rings (SSSR count). The molecule has 1 aliphatic carbocycles. The van der Waals surface area contributed by atoms with Crippen LogP contribution in [0.4, 0.5) is 0 Å². The van der Waals surface area contributed by atoms with Crippen LogP contribution in [-0.2, 0) is 11.3 Å². The molecule has 1 spiro atoms. The Balaban J connectivity index is 2.11. The van der Waals surface area contributed by atoms with Crippen LogP contribution in [-0.4, -0.2) is 23.0 Å². The van der Waals surface area contributed by atoms with Crippen molar-refractivity contribution in [2.24, 2.45) is 5.16 Å². The van der Waals surface area contributed by atoms with Gasteiger partial charge in [0.05, 0.1) is 5.71 Å². The predicted octanol–water partition coefficient (Wildman–Crippen LogP) is 4.02. The number of hydrogen-bond acceptors (Lipinski definition) is 4. The molecule has 1 heterocycles. The van der Waals surface area contributed by atoms with E-state index < -0.39 is 0 Å². The highest BCUT2D eigenvalue weighted by atomic mass is 16.6. The molecule has 1 fully saturated rings. The SMILES string of the molecule is CCON=C(C)c1c(O)c(C)c(C)c2c1CCC1(CCC1)O2. The molecule has 4 nitrogen and oxygen atoms in total. The van der Waals surface area contributed by atoms with E-state index >= 15 is 0 Å². The molecular weight excluding hydrogens is 278 g/mol. The molecule has 4 heteroatoms. The lowest BCUT2D eigenvalue weighted by atomic mass is 9.73. The number of rotatable bonds is 3. The Morgan fingerprint density at radius 1 is 1.27 bits per heavy atom. The van der Waals surface area contributed by atoms with Crippen LogP contribution in [0.1, 0.15) is 61.8 Å². The fraction of sp³-hybridized carbons (Fsp3) is 0.611. The first-order chi connectivity index (χ1) is 10.5. The van der Waals surface area contributed by atoms with Crippen molar-refractivity contribution >= 4 is 5.71 Å². The number of phenolic OH excluding ortho intramolecular Hbond substituents is 1. The molecule has 0 radical (unpaired) electrons. The molecular formula is C18H25NO3. The summed E-state index contributed by atoms with van der Waals surface area (Å²) in [6, 6.07) is 0. The largest absolute Gasteiger partial charge is 0.507 e. The standard InChI is InChI=1S/C18H25NO3/c1-5-21-19-13(4)15-14-7-10-18(8-6-9-18)22-17(14)12(3)11(2)16(15)20/h20H,5-10H2,1-4H3. The Hall–Kier alpha value is -1.71. The smallest absolute Gasteiger partial charge is 0.128 e. The molecule has 0 atom stereocenters. The van der Waals surface area contributed by atoms with Gasteiger partial charge in [0, 0.05) is 11.1 Å². The van der Waals surface area contributed by atoms with Crippen LogP contribution in [0.3, 0.4) is 0 Å². The van der Waals surface area contributed by atoms with Crippen molar-refractivity contribution < 1.29 is 14.7 Å². The fourth-order valence-corrected chi connectivity index (χ4v) is 3.54. The Bertz CT molecular complexity index is 630. The van der Waals surface area contributed by atoms with E-state index in [2.05, 4.69) is 5.16 Å². The zero-order chi connectivity index (χ0) is 15.9. The zero-order valence-corrected chi connectivity index (χ0v) is 14.0. The maximum Gasteiger partial charge on any atom is 0.128 e. The third-order valence-corrected chi connectivity index (χ3v) is 5.18. The second-order valence-electron chi connectivity index (χ2n) is 6.51. The Labute approximate surface area is 132 Å². The first-order valence-corrected chi connectivity index (χ1v) is 8.20. The number of nitrogens with zero attached hydrogens (tertiary/aromatic N) is 1. The van der Waals surface area contributed by atoms with Gasteiger partial charge in [-0.2, -0.15) is 0 Å². The molecule has 0 unspecified atom stereocenters. The number of benzene rings is 1. The molecule has 1 saturated carbocycles. The highest BCUT2D eigenvalue weighted by Gasteiger charge is 2.43. The highest BCUT2D eigenvalue weighted by molar-refractivity contribution is 6.03. The van der Waals surface area contributed by atoms with Crippen LogP contribution in [0.5, 0.6) is 11.5 Å². The minimum Gasteiger partial charge on any atom is -0.507 e. The van der Waals surface area contributed by atoms with Gasteiger partial charge in [-0.05, 0) is 70.9 Å². The number of fused-ring (bicyclic) bond motifs is 1. The van der Waals surface area contributed by atoms with Gasteiger partial charge < -0.3 is 14.7 Å². The molecule has 1 aromatic carbocycles. The van der Waals surface area contributed by atoms with Crippen molar-refractivity contribution in [2.75, 3.05) is 6.61 Å². The minimum atomic E-state index is 0.0450. The molecule has 1 N–H and O–H groups in total. The van der Waals surface area contributed by atoms with Crippen LogP contribution < -0.4 is 4.74 Å². The first-order valence-electron chi connectivity index (χ1n) is 8.20. The second-order valence-corrected chi connectivity index (χ2v) is 6.51. The molecule has 1 aromatic rings. The van der Waals surface area contributed by atoms with Crippen molar-refractivity contribution in [3.8, 4) is 11.5 Å². The minimum absolute atomic E-state index is 0.0450. The summed E-state index contributed by atoms with van der Waals surface area (Å²) in [6.45, 7) is 8.27. The van der Waals surface area contributed by atoms with Crippen LogP contribution >= 0.6 is 0 Å². The molecule has 120 valence electrons. The van der Waals surface area contributed by atoms with E-state index in [1.165, 1.54) is 6.42 Å². The quantitative estimate of drug-likeness (QED) is 0.678. The van der Waals surface area contributed by atoms with E-state index in [0.717, 1.165) is 53.7 Å². The summed E-state index contributed by atoms with van der Waals surface area (Å²) in [4.78, 5) is 5.18. The Morgan fingerprint density at radius 2 is 2.00 bits per heavy atom. The van der Waals surface area contributed by atoms with E-state index in [-0.39, 0.29) is 5.60 Å². The maximum atomic E-state index is 10.6. The summed E-state index contributed by atoms with van der Waals surface area (Å²) < 4.78 is 6.41. The Morgan fingerprint density at radius 3 is 2.59 bits per heavy atom. The van der Waals surface area contributed by atoms with E-state index in [9.17, 15) is 5.11 Å². The lowest BCUT2D eigenvalue weighted by molar-refractivity contribution is -0.0257. The normalized spacial score (nSPS) is 19.4. The lowest BCUT2D eigenvalue weighted by Crippen LogP contribution is -2.46. The average Bonchev–Trinajstić information content (AvgIpc) is 2.49. The number of ether oxygens (including phenoxy) is 1. The molecule has 0 bridgehead atoms. The molecule has 22 heavy (non-hydrogen) atoms. The summed E-state index contributed by atoms with van der Waals surface area (Å²) in [7, 11) is 0. The topological polar surface area (TPSA) is 51.0 Å². The molecule has 0 amide bonds. The van der Waals surface area contributed by atoms with Crippen molar-refractivity contribution in [2.45, 2.75) is 65.4 Å². The van der Waals surface area contributed by atoms with Crippen LogP contribution in [0.15, 0.2) is 5.16 Å². The van der Waals surface area contributed by atoms with Crippen molar-refractivity contribution in [1.29, 1.82) is 0 Å². The van der Waals surface area contributed by atoms with Gasteiger partial charge in [-0.3, -0.25) is 0 Å². The number of hydrogen-bond donors (Lipinski definition) is 1. The third-order valence-electron chi connectivity index (χ3n) is 5.18. The van der Waals surface area contributed by atoms with Crippen LogP contribution in [0, 0.1) is 13.8 Å². The zero-order valence-electron chi connectivity index (χ0n) is 14.0. The lowest BCUT2D eigenvalue weighted by Gasteiger charge is -2.46. The van der Waals surface area contributed by atoms with Gasteiger partial charge in [-0.25, -0.2) is 0 Å². The third kappa shape index (κ3) is 2.25. The summed E-state index contributed by atoms with van der Waals surface area (Å²) in [5, 5.41) is 14.7. The Kier molecular flexibility index (Phi) is 3.79. The monoisotopic (exact) mass is 303 g/mol. The fourth-order valence-electron chi connectivity index (χ4n) is 3.54. The molecule has 0 aromatic heterocycles. The van der Waals surface area contributed by atoms with Gasteiger partial charge in [0.2, 0.25) is 0 Å². The highest BCUT2D eigenvalue weighted by Crippen LogP contribution is 2.49. The molecule has 0 saturated heterocycles. The van der Waals surface area contributed by atoms with Gasteiger partial charge in [0.1, 0.15) is 23.7 Å². The van der Waals surface area contributed by atoms with Gasteiger partial charge >= 0.3 is 0 Å². The maximum absolute atomic E-state index is 10.6. The van der Waals surface area contributed by atoms with Crippen LogP contribution in [0.25, 0.3) is 0 Å². The second kappa shape index (κ2) is 5.49. The number of aromatic hydroxyl groups is 1. The van der Waals surface area contributed by atoms with Crippen molar-refractivity contribution in [3.05, 3.63) is 22.3 Å². The summed E-state index contributed by atoms with van der Waals surface area (Å²) >= 11 is 0. The van der Waals surface area contributed by atoms with Gasteiger partial charge in [-0.15, -0.1) is 0 Å². The van der Waals surface area contributed by atoms with Crippen molar-refractivity contribution in [1.82, 2.24) is 0 Å². The van der Waals surface area contributed by atoms with Gasteiger partial charge in [-0.1, -0.05) is 5.16 Å². The van der Waals surface area contributed by atoms with Gasteiger partial charge in [0.15, 0.2) is 0 Å². The van der Waals surface area contributed by atoms with E-state index in [1.807, 2.05) is 27.7 Å². The van der Waals surface area contributed by atoms with E-state index in [0.29, 0.717) is 18.1 Å². The average molecular weight is 303 g/mol. The first kappa shape index (κ1) is 15.2. The summed E-state index contributed by atoms with van der Waals surface area (Å²) in [5.41, 5.74) is 4.55. The van der Waals surface area contributed by atoms with E-state index in [4.69, 9.17) is 9.57 Å². The molecule has 2 aliphatic rings. The summed E-state index contributed by atoms with van der Waals surface area (Å²) in [5.74, 6) is 1.27. The molecule has 1 aliphatic heterocycles. The number of oxime groups is 1.